The Labute approximate surface area is 128 Å². The molecule has 0 aliphatic carbocycles. The van der Waals surface area contributed by atoms with Crippen molar-refractivity contribution < 1.29 is 8.78 Å². The van der Waals surface area contributed by atoms with Crippen LogP contribution in [0.25, 0.3) is 0 Å². The summed E-state index contributed by atoms with van der Waals surface area (Å²) in [5.74, 6) is -0.682. The summed E-state index contributed by atoms with van der Waals surface area (Å²) < 4.78 is 26.7. The molecule has 1 unspecified atom stereocenters. The Hall–Kier alpha value is -1.45. The lowest BCUT2D eigenvalue weighted by molar-refractivity contribution is 0.539. The van der Waals surface area contributed by atoms with Gasteiger partial charge in [-0.2, -0.15) is 0 Å². The molecule has 0 aliphatic rings. The molecule has 21 heavy (non-hydrogen) atoms. The summed E-state index contributed by atoms with van der Waals surface area (Å²) in [5, 5.41) is 3.46. The average molecular weight is 310 g/mol. The van der Waals surface area contributed by atoms with Gasteiger partial charge in [0.1, 0.15) is 11.6 Å². The lowest BCUT2D eigenvalue weighted by Crippen LogP contribution is -2.24. The minimum atomic E-state index is -0.428. The van der Waals surface area contributed by atoms with Crippen molar-refractivity contribution in [1.82, 2.24) is 5.32 Å². The summed E-state index contributed by atoms with van der Waals surface area (Å²) in [6.07, 6.45) is 0.623. The zero-order chi connectivity index (χ0) is 15.4. The second-order valence-electron chi connectivity index (χ2n) is 5.06. The van der Waals surface area contributed by atoms with Gasteiger partial charge in [-0.1, -0.05) is 30.7 Å². The van der Waals surface area contributed by atoms with Crippen molar-refractivity contribution in [2.75, 3.05) is 6.54 Å². The molecule has 0 heterocycles. The predicted octanol–water partition coefficient (Wildman–Crippen LogP) is 4.82. The van der Waals surface area contributed by atoms with E-state index in [1.807, 2.05) is 13.8 Å². The highest BCUT2D eigenvalue weighted by Gasteiger charge is 2.15. The molecule has 0 amide bonds. The fourth-order valence-electron chi connectivity index (χ4n) is 2.43. The Kier molecular flexibility index (Phi) is 5.32. The van der Waals surface area contributed by atoms with Gasteiger partial charge in [0.2, 0.25) is 0 Å². The first-order valence-corrected chi connectivity index (χ1v) is 7.32. The zero-order valence-corrected chi connectivity index (χ0v) is 12.8. The van der Waals surface area contributed by atoms with Crippen molar-refractivity contribution in [3.8, 4) is 0 Å². The minimum absolute atomic E-state index is 0.0350. The summed E-state index contributed by atoms with van der Waals surface area (Å²) in [4.78, 5) is 0. The summed E-state index contributed by atoms with van der Waals surface area (Å²) in [6.45, 7) is 4.71. The molecule has 0 bridgehead atoms. The van der Waals surface area contributed by atoms with Crippen molar-refractivity contribution in [2.45, 2.75) is 26.3 Å². The van der Waals surface area contributed by atoms with E-state index in [0.717, 1.165) is 23.2 Å². The van der Waals surface area contributed by atoms with Crippen LogP contribution in [0.4, 0.5) is 8.78 Å². The first kappa shape index (κ1) is 15.9. The Balaban J connectivity index is 2.30. The third-order valence-corrected chi connectivity index (χ3v) is 3.78. The summed E-state index contributed by atoms with van der Waals surface area (Å²) >= 11 is 5.82. The summed E-state index contributed by atoms with van der Waals surface area (Å²) in [7, 11) is 0. The molecule has 1 atom stereocenters. The quantitative estimate of drug-likeness (QED) is 0.835. The van der Waals surface area contributed by atoms with Gasteiger partial charge in [0.25, 0.3) is 0 Å². The van der Waals surface area contributed by atoms with Gasteiger partial charge >= 0.3 is 0 Å². The van der Waals surface area contributed by atoms with E-state index in [-0.39, 0.29) is 16.9 Å². The lowest BCUT2D eigenvalue weighted by atomic mass is 9.95. The Bertz CT molecular complexity index is 628. The van der Waals surface area contributed by atoms with Crippen molar-refractivity contribution in [3.05, 3.63) is 69.7 Å². The number of aryl methyl sites for hydroxylation is 1. The smallest absolute Gasteiger partial charge is 0.141 e. The average Bonchev–Trinajstić information content (AvgIpc) is 2.45. The highest BCUT2D eigenvalue weighted by atomic mass is 35.5. The largest absolute Gasteiger partial charge is 0.310 e. The van der Waals surface area contributed by atoms with Gasteiger partial charge in [-0.15, -0.1) is 0 Å². The number of benzene rings is 2. The van der Waals surface area contributed by atoms with Crippen LogP contribution in [0.15, 0.2) is 36.4 Å². The Morgan fingerprint density at radius 3 is 2.57 bits per heavy atom. The number of nitrogens with one attached hydrogen (secondary N) is 1. The molecule has 112 valence electrons. The van der Waals surface area contributed by atoms with Crippen LogP contribution in [0, 0.1) is 18.6 Å². The topological polar surface area (TPSA) is 12.0 Å². The van der Waals surface area contributed by atoms with Crippen molar-refractivity contribution >= 4 is 11.6 Å². The van der Waals surface area contributed by atoms with Crippen LogP contribution in [0.2, 0.25) is 5.02 Å². The monoisotopic (exact) mass is 309 g/mol. The number of rotatable bonds is 5. The zero-order valence-electron chi connectivity index (χ0n) is 12.1. The third-order valence-electron chi connectivity index (χ3n) is 3.49. The second-order valence-corrected chi connectivity index (χ2v) is 5.47. The Morgan fingerprint density at radius 2 is 1.90 bits per heavy atom. The molecule has 0 aromatic heterocycles. The van der Waals surface area contributed by atoms with Gasteiger partial charge in [0, 0.05) is 6.04 Å². The molecule has 2 aromatic rings. The molecular formula is C17H18ClF2N. The maximum atomic E-state index is 13.5. The fourth-order valence-corrected chi connectivity index (χ4v) is 2.63. The van der Waals surface area contributed by atoms with E-state index in [9.17, 15) is 8.78 Å². The summed E-state index contributed by atoms with van der Waals surface area (Å²) in [5.41, 5.74) is 2.85. The highest BCUT2D eigenvalue weighted by Crippen LogP contribution is 2.25. The number of likely N-dealkylation sites (N-methyl/N-ethyl adjacent to an activating group) is 1. The molecule has 4 heteroatoms. The third kappa shape index (κ3) is 4.02. The maximum Gasteiger partial charge on any atom is 0.141 e. The van der Waals surface area contributed by atoms with E-state index in [2.05, 4.69) is 5.32 Å². The SMILES string of the molecule is CCNC(Cc1ccc(F)c(Cl)c1)c1cc(F)ccc1C. The first-order valence-electron chi connectivity index (χ1n) is 6.94. The Morgan fingerprint density at radius 1 is 1.14 bits per heavy atom. The van der Waals surface area contributed by atoms with E-state index in [4.69, 9.17) is 11.6 Å². The van der Waals surface area contributed by atoms with Crippen LogP contribution in [-0.2, 0) is 6.42 Å². The number of hydrogen-bond acceptors (Lipinski definition) is 1. The molecule has 0 spiro atoms. The summed E-state index contributed by atoms with van der Waals surface area (Å²) in [6, 6.07) is 9.43. The van der Waals surface area contributed by atoms with Crippen LogP contribution in [0.1, 0.15) is 29.7 Å². The van der Waals surface area contributed by atoms with E-state index in [1.165, 1.54) is 12.1 Å². The minimum Gasteiger partial charge on any atom is -0.310 e. The first-order chi connectivity index (χ1) is 10.0. The molecule has 1 N–H and O–H groups in total. The van der Waals surface area contributed by atoms with Gasteiger partial charge in [0.05, 0.1) is 5.02 Å². The molecule has 0 fully saturated rings. The van der Waals surface area contributed by atoms with Crippen LogP contribution in [-0.4, -0.2) is 6.54 Å². The highest BCUT2D eigenvalue weighted by molar-refractivity contribution is 6.30. The van der Waals surface area contributed by atoms with Crippen LogP contribution in [0.3, 0.4) is 0 Å². The van der Waals surface area contributed by atoms with Crippen LogP contribution < -0.4 is 5.32 Å². The van der Waals surface area contributed by atoms with Gasteiger partial charge in [-0.05, 0) is 60.8 Å². The van der Waals surface area contributed by atoms with Crippen LogP contribution >= 0.6 is 11.6 Å². The molecule has 0 saturated heterocycles. The van der Waals surface area contributed by atoms with Gasteiger partial charge in [-0.25, -0.2) is 8.78 Å². The van der Waals surface area contributed by atoms with E-state index >= 15 is 0 Å². The lowest BCUT2D eigenvalue weighted by Gasteiger charge is -2.21. The van der Waals surface area contributed by atoms with Crippen LogP contribution in [0.5, 0.6) is 0 Å². The standard InChI is InChI=1S/C17H18ClF2N/c1-3-21-17(14-10-13(19)6-4-11(14)2)9-12-5-7-16(20)15(18)8-12/h4-8,10,17,21H,3,9H2,1-2H3. The van der Waals surface area contributed by atoms with Crippen molar-refractivity contribution in [1.29, 1.82) is 0 Å². The van der Waals surface area contributed by atoms with Gasteiger partial charge < -0.3 is 5.32 Å². The molecule has 2 rings (SSSR count). The second kappa shape index (κ2) is 7.01. The molecule has 1 nitrogen and oxygen atoms in total. The maximum absolute atomic E-state index is 13.5. The van der Waals surface area contributed by atoms with E-state index in [1.54, 1.807) is 24.3 Å². The van der Waals surface area contributed by atoms with E-state index in [0.29, 0.717) is 6.42 Å². The van der Waals surface area contributed by atoms with Gasteiger partial charge in [0.15, 0.2) is 0 Å². The molecule has 0 saturated carbocycles. The molecular weight excluding hydrogens is 292 g/mol. The molecule has 0 aliphatic heterocycles. The normalized spacial score (nSPS) is 12.4. The van der Waals surface area contributed by atoms with Crippen molar-refractivity contribution in [2.24, 2.45) is 0 Å². The molecule has 0 radical (unpaired) electrons. The van der Waals surface area contributed by atoms with E-state index < -0.39 is 5.82 Å². The van der Waals surface area contributed by atoms with Crippen molar-refractivity contribution in [3.63, 3.8) is 0 Å². The molecule has 2 aromatic carbocycles. The number of halogens is 3. The predicted molar refractivity (Wildman–Crippen MR) is 82.7 cm³/mol. The fraction of sp³-hybridized carbons (Fsp3) is 0.294. The van der Waals surface area contributed by atoms with Gasteiger partial charge in [-0.3, -0.25) is 0 Å². The number of hydrogen-bond donors (Lipinski definition) is 1.